The normalized spacial score (nSPS) is 10.5. The summed E-state index contributed by atoms with van der Waals surface area (Å²) in [7, 11) is 0. The van der Waals surface area contributed by atoms with E-state index in [1.807, 2.05) is 25.1 Å². The van der Waals surface area contributed by atoms with Gasteiger partial charge in [0.05, 0.1) is 11.0 Å². The SMILES string of the molecule is Cc1nc2cc(NC(=S)Nc3ccc(C(N)=O)cc3)ccc2[nH]1. The molecule has 5 N–H and O–H groups in total. The molecule has 0 aliphatic heterocycles. The molecule has 0 saturated heterocycles. The molecule has 0 radical (unpaired) electrons. The van der Waals surface area contributed by atoms with Crippen molar-refractivity contribution in [2.75, 3.05) is 10.6 Å². The van der Waals surface area contributed by atoms with Crippen LogP contribution in [0.5, 0.6) is 0 Å². The number of anilines is 2. The molecular weight excluding hydrogens is 310 g/mol. The Balaban J connectivity index is 1.69. The number of aryl methyl sites for hydroxylation is 1. The van der Waals surface area contributed by atoms with Gasteiger partial charge in [0.25, 0.3) is 0 Å². The van der Waals surface area contributed by atoms with E-state index in [4.69, 9.17) is 18.0 Å². The largest absolute Gasteiger partial charge is 0.366 e. The van der Waals surface area contributed by atoms with Crippen molar-refractivity contribution in [1.82, 2.24) is 9.97 Å². The van der Waals surface area contributed by atoms with Crippen molar-refractivity contribution in [3.8, 4) is 0 Å². The van der Waals surface area contributed by atoms with Crippen molar-refractivity contribution in [2.45, 2.75) is 6.92 Å². The first-order valence-corrected chi connectivity index (χ1v) is 7.36. The number of carbonyl (C=O) groups excluding carboxylic acids is 1. The second-order valence-corrected chi connectivity index (χ2v) is 5.48. The molecule has 116 valence electrons. The van der Waals surface area contributed by atoms with Crippen LogP contribution in [0, 0.1) is 6.92 Å². The number of imidazole rings is 1. The summed E-state index contributed by atoms with van der Waals surface area (Å²) >= 11 is 5.29. The Kier molecular flexibility index (Phi) is 3.94. The summed E-state index contributed by atoms with van der Waals surface area (Å²) < 4.78 is 0. The van der Waals surface area contributed by atoms with E-state index in [1.165, 1.54) is 0 Å². The van der Waals surface area contributed by atoms with Gasteiger partial charge < -0.3 is 21.4 Å². The van der Waals surface area contributed by atoms with Crippen molar-refractivity contribution >= 4 is 45.6 Å². The lowest BCUT2D eigenvalue weighted by molar-refractivity contribution is 0.100. The van der Waals surface area contributed by atoms with Gasteiger partial charge in [0, 0.05) is 16.9 Å². The molecule has 23 heavy (non-hydrogen) atoms. The van der Waals surface area contributed by atoms with E-state index in [9.17, 15) is 4.79 Å². The average Bonchev–Trinajstić information content (AvgIpc) is 2.87. The number of nitrogens with one attached hydrogen (secondary N) is 3. The van der Waals surface area contributed by atoms with Gasteiger partial charge in [-0.1, -0.05) is 0 Å². The molecule has 3 aromatic rings. The lowest BCUT2D eigenvalue weighted by Gasteiger charge is -2.10. The number of thiocarbonyl (C=S) groups is 1. The van der Waals surface area contributed by atoms with E-state index in [1.54, 1.807) is 24.3 Å². The van der Waals surface area contributed by atoms with Crippen molar-refractivity contribution in [2.24, 2.45) is 5.73 Å². The molecule has 0 saturated carbocycles. The maximum absolute atomic E-state index is 11.0. The third-order valence-corrected chi connectivity index (χ3v) is 3.49. The zero-order valence-corrected chi connectivity index (χ0v) is 13.2. The fourth-order valence-electron chi connectivity index (χ4n) is 2.22. The number of aromatic amines is 1. The van der Waals surface area contributed by atoms with Gasteiger partial charge in [-0.05, 0) is 61.6 Å². The second-order valence-electron chi connectivity index (χ2n) is 5.07. The van der Waals surface area contributed by atoms with E-state index >= 15 is 0 Å². The minimum atomic E-state index is -0.458. The second kappa shape index (κ2) is 6.05. The molecule has 7 heteroatoms. The predicted octanol–water partition coefficient (Wildman–Crippen LogP) is 2.78. The number of benzene rings is 2. The number of hydrogen-bond donors (Lipinski definition) is 4. The molecule has 0 aliphatic carbocycles. The fraction of sp³-hybridized carbons (Fsp3) is 0.0625. The first kappa shape index (κ1) is 15.0. The number of primary amides is 1. The molecule has 3 rings (SSSR count). The number of carbonyl (C=O) groups is 1. The van der Waals surface area contributed by atoms with Gasteiger partial charge >= 0.3 is 0 Å². The van der Waals surface area contributed by atoms with E-state index < -0.39 is 5.91 Å². The topological polar surface area (TPSA) is 95.8 Å². The van der Waals surface area contributed by atoms with E-state index in [2.05, 4.69) is 20.6 Å². The van der Waals surface area contributed by atoms with Crippen LogP contribution in [-0.2, 0) is 0 Å². The highest BCUT2D eigenvalue weighted by Gasteiger charge is 2.04. The maximum Gasteiger partial charge on any atom is 0.248 e. The quantitative estimate of drug-likeness (QED) is 0.555. The Hall–Kier alpha value is -2.93. The Morgan fingerprint density at radius 1 is 1.13 bits per heavy atom. The number of nitrogens with zero attached hydrogens (tertiary/aromatic N) is 1. The van der Waals surface area contributed by atoms with Gasteiger partial charge in [-0.25, -0.2) is 4.98 Å². The summed E-state index contributed by atoms with van der Waals surface area (Å²) in [6, 6.07) is 12.6. The summed E-state index contributed by atoms with van der Waals surface area (Å²) in [4.78, 5) is 18.6. The summed E-state index contributed by atoms with van der Waals surface area (Å²) in [6.07, 6.45) is 0. The van der Waals surface area contributed by atoms with Crippen LogP contribution in [0.15, 0.2) is 42.5 Å². The maximum atomic E-state index is 11.0. The summed E-state index contributed by atoms with van der Waals surface area (Å²) in [6.45, 7) is 1.91. The number of hydrogen-bond acceptors (Lipinski definition) is 3. The van der Waals surface area contributed by atoms with Gasteiger partial charge in [-0.15, -0.1) is 0 Å². The number of fused-ring (bicyclic) bond motifs is 1. The molecule has 0 fully saturated rings. The molecule has 1 amide bonds. The van der Waals surface area contributed by atoms with Gasteiger partial charge in [0.1, 0.15) is 5.82 Å². The van der Waals surface area contributed by atoms with Crippen LogP contribution in [0.2, 0.25) is 0 Å². The molecule has 6 nitrogen and oxygen atoms in total. The third-order valence-electron chi connectivity index (χ3n) is 3.29. The zero-order chi connectivity index (χ0) is 16.4. The molecule has 2 aromatic carbocycles. The Morgan fingerprint density at radius 3 is 2.48 bits per heavy atom. The highest BCUT2D eigenvalue weighted by atomic mass is 32.1. The number of H-pyrrole nitrogens is 1. The smallest absolute Gasteiger partial charge is 0.248 e. The number of rotatable bonds is 3. The highest BCUT2D eigenvalue weighted by molar-refractivity contribution is 7.80. The number of amides is 1. The molecule has 0 unspecified atom stereocenters. The van der Waals surface area contributed by atoms with Gasteiger partial charge in [0.2, 0.25) is 5.91 Å². The van der Waals surface area contributed by atoms with Crippen LogP contribution in [0.4, 0.5) is 11.4 Å². The summed E-state index contributed by atoms with van der Waals surface area (Å²) in [5.41, 5.74) is 9.13. The summed E-state index contributed by atoms with van der Waals surface area (Å²) in [5.74, 6) is 0.409. The van der Waals surface area contributed by atoms with Crippen molar-refractivity contribution in [3.63, 3.8) is 0 Å². The van der Waals surface area contributed by atoms with Crippen molar-refractivity contribution in [3.05, 3.63) is 53.9 Å². The zero-order valence-electron chi connectivity index (χ0n) is 12.4. The average molecular weight is 325 g/mol. The van der Waals surface area contributed by atoms with Crippen LogP contribution in [-0.4, -0.2) is 21.0 Å². The Morgan fingerprint density at radius 2 is 1.78 bits per heavy atom. The lowest BCUT2D eigenvalue weighted by atomic mass is 10.2. The van der Waals surface area contributed by atoms with Crippen LogP contribution in [0.1, 0.15) is 16.2 Å². The molecule has 0 bridgehead atoms. The van der Waals surface area contributed by atoms with E-state index in [-0.39, 0.29) is 0 Å². The number of nitrogens with two attached hydrogens (primary N) is 1. The fourth-order valence-corrected chi connectivity index (χ4v) is 2.46. The molecule has 1 aromatic heterocycles. The molecular formula is C16H15N5OS. The molecule has 0 spiro atoms. The lowest BCUT2D eigenvalue weighted by Crippen LogP contribution is -2.19. The predicted molar refractivity (Wildman–Crippen MR) is 95.6 cm³/mol. The van der Waals surface area contributed by atoms with Crippen LogP contribution >= 0.6 is 12.2 Å². The monoisotopic (exact) mass is 325 g/mol. The molecule has 1 heterocycles. The Bertz CT molecular complexity index is 885. The summed E-state index contributed by atoms with van der Waals surface area (Å²) in [5, 5.41) is 6.60. The van der Waals surface area contributed by atoms with Gasteiger partial charge in [0.15, 0.2) is 5.11 Å². The minimum Gasteiger partial charge on any atom is -0.366 e. The van der Waals surface area contributed by atoms with Crippen LogP contribution in [0.3, 0.4) is 0 Å². The highest BCUT2D eigenvalue weighted by Crippen LogP contribution is 2.17. The first-order valence-electron chi connectivity index (χ1n) is 6.95. The third kappa shape index (κ3) is 3.46. The number of aromatic nitrogens is 2. The van der Waals surface area contributed by atoms with Crippen LogP contribution in [0.25, 0.3) is 11.0 Å². The van der Waals surface area contributed by atoms with E-state index in [0.717, 1.165) is 28.2 Å². The minimum absolute atomic E-state index is 0.448. The van der Waals surface area contributed by atoms with Crippen molar-refractivity contribution in [1.29, 1.82) is 0 Å². The van der Waals surface area contributed by atoms with Gasteiger partial charge in [-0.3, -0.25) is 4.79 Å². The Labute approximate surface area is 138 Å². The van der Waals surface area contributed by atoms with Gasteiger partial charge in [-0.2, -0.15) is 0 Å². The molecule has 0 aliphatic rings. The van der Waals surface area contributed by atoms with Crippen molar-refractivity contribution < 1.29 is 4.79 Å². The standard InChI is InChI=1S/C16H15N5OS/c1-9-18-13-7-6-12(8-14(13)19-9)21-16(23)20-11-4-2-10(3-5-11)15(17)22/h2-8H,1H3,(H2,17,22)(H,18,19)(H2,20,21,23). The van der Waals surface area contributed by atoms with E-state index in [0.29, 0.717) is 10.7 Å². The first-order chi connectivity index (χ1) is 11.0. The van der Waals surface area contributed by atoms with Crippen LogP contribution < -0.4 is 16.4 Å². The molecule has 0 atom stereocenters.